The molecule has 0 bridgehead atoms. The molecule has 1 amide bonds. The van der Waals surface area contributed by atoms with Crippen LogP contribution in [0.3, 0.4) is 0 Å². The van der Waals surface area contributed by atoms with Crippen molar-refractivity contribution < 1.29 is 13.9 Å². The van der Waals surface area contributed by atoms with Crippen molar-refractivity contribution in [3.63, 3.8) is 0 Å². The van der Waals surface area contributed by atoms with Crippen LogP contribution >= 0.6 is 0 Å². The summed E-state index contributed by atoms with van der Waals surface area (Å²) in [4.78, 5) is 24.5. The molecule has 2 aromatic heterocycles. The lowest BCUT2D eigenvalue weighted by molar-refractivity contribution is 0.0954. The van der Waals surface area contributed by atoms with E-state index in [0.717, 1.165) is 6.07 Å². The third-order valence-corrected chi connectivity index (χ3v) is 3.72. The van der Waals surface area contributed by atoms with Crippen LogP contribution in [0.1, 0.15) is 10.4 Å². The number of rotatable bonds is 8. The van der Waals surface area contributed by atoms with Crippen LogP contribution in [0.25, 0.3) is 0 Å². The molecule has 9 heteroatoms. The number of carbonyl (C=O) groups excluding carboxylic acids is 1. The summed E-state index contributed by atoms with van der Waals surface area (Å²) in [7, 11) is 1.37. The highest BCUT2D eigenvalue weighted by molar-refractivity contribution is 5.94. The maximum Gasteiger partial charge on any atom is 0.251 e. The molecule has 1 aromatic carbocycles. The van der Waals surface area contributed by atoms with E-state index in [0.29, 0.717) is 30.5 Å². The largest absolute Gasteiger partial charge is 0.494 e. The van der Waals surface area contributed by atoms with Gasteiger partial charge in [-0.15, -0.1) is 0 Å². The molecule has 0 saturated heterocycles. The zero-order valence-corrected chi connectivity index (χ0v) is 15.1. The van der Waals surface area contributed by atoms with Crippen molar-refractivity contribution in [1.29, 1.82) is 0 Å². The molecule has 3 rings (SSSR count). The molecule has 2 heterocycles. The monoisotopic (exact) mass is 382 g/mol. The summed E-state index contributed by atoms with van der Waals surface area (Å²) in [5.41, 5.74) is 0.224. The van der Waals surface area contributed by atoms with Crippen molar-refractivity contribution in [3.05, 3.63) is 66.4 Å². The van der Waals surface area contributed by atoms with Crippen LogP contribution in [0.5, 0.6) is 5.75 Å². The highest BCUT2D eigenvalue weighted by Crippen LogP contribution is 2.17. The summed E-state index contributed by atoms with van der Waals surface area (Å²) in [5, 5.41) is 8.87. The van der Waals surface area contributed by atoms with Gasteiger partial charge in [-0.25, -0.2) is 19.3 Å². The van der Waals surface area contributed by atoms with E-state index in [-0.39, 0.29) is 17.2 Å². The number of halogens is 1. The highest BCUT2D eigenvalue weighted by atomic mass is 19.1. The van der Waals surface area contributed by atoms with Crippen LogP contribution < -0.4 is 20.7 Å². The van der Waals surface area contributed by atoms with E-state index in [9.17, 15) is 9.18 Å². The second-order valence-corrected chi connectivity index (χ2v) is 5.66. The van der Waals surface area contributed by atoms with Gasteiger partial charge in [-0.05, 0) is 30.3 Å². The van der Waals surface area contributed by atoms with E-state index in [1.54, 1.807) is 12.3 Å². The van der Waals surface area contributed by atoms with Crippen molar-refractivity contribution in [1.82, 2.24) is 20.3 Å². The van der Waals surface area contributed by atoms with Gasteiger partial charge in [0.2, 0.25) is 0 Å². The fourth-order valence-electron chi connectivity index (χ4n) is 2.37. The number of nitrogens with one attached hydrogen (secondary N) is 3. The Hall–Kier alpha value is -3.75. The lowest BCUT2D eigenvalue weighted by atomic mass is 10.2. The molecule has 0 unspecified atom stereocenters. The molecule has 3 aromatic rings. The average Bonchev–Trinajstić information content (AvgIpc) is 2.72. The van der Waals surface area contributed by atoms with Gasteiger partial charge in [0.05, 0.1) is 7.11 Å². The number of methoxy groups -OCH3 is 1. The van der Waals surface area contributed by atoms with Gasteiger partial charge >= 0.3 is 0 Å². The zero-order chi connectivity index (χ0) is 19.8. The van der Waals surface area contributed by atoms with Crippen molar-refractivity contribution in [2.45, 2.75) is 0 Å². The van der Waals surface area contributed by atoms with Gasteiger partial charge in [-0.1, -0.05) is 6.07 Å². The third-order valence-electron chi connectivity index (χ3n) is 3.72. The third kappa shape index (κ3) is 5.13. The van der Waals surface area contributed by atoms with E-state index in [1.807, 2.05) is 18.2 Å². The molecule has 0 aliphatic rings. The maximum atomic E-state index is 13.7. The molecular weight excluding hydrogens is 363 g/mol. The lowest BCUT2D eigenvalue weighted by Gasteiger charge is -2.09. The Balaban J connectivity index is 1.48. The number of hydrogen-bond acceptors (Lipinski definition) is 7. The van der Waals surface area contributed by atoms with Crippen LogP contribution in [0.2, 0.25) is 0 Å². The summed E-state index contributed by atoms with van der Waals surface area (Å²) in [5.74, 6) is 1.00. The number of hydrogen-bond donors (Lipinski definition) is 3. The van der Waals surface area contributed by atoms with Crippen molar-refractivity contribution in [2.24, 2.45) is 0 Å². The van der Waals surface area contributed by atoms with Gasteiger partial charge in [-0.3, -0.25) is 4.79 Å². The number of benzene rings is 1. The van der Waals surface area contributed by atoms with E-state index in [1.165, 1.54) is 25.6 Å². The Morgan fingerprint density at radius 2 is 1.89 bits per heavy atom. The Morgan fingerprint density at radius 3 is 2.64 bits per heavy atom. The van der Waals surface area contributed by atoms with Crippen LogP contribution in [-0.2, 0) is 0 Å². The zero-order valence-electron chi connectivity index (χ0n) is 15.1. The molecule has 0 atom stereocenters. The van der Waals surface area contributed by atoms with Gasteiger partial charge in [0.25, 0.3) is 5.91 Å². The van der Waals surface area contributed by atoms with E-state index in [2.05, 4.69) is 30.9 Å². The smallest absolute Gasteiger partial charge is 0.251 e. The first-order chi connectivity index (χ1) is 13.7. The predicted molar refractivity (Wildman–Crippen MR) is 103 cm³/mol. The molecule has 8 nitrogen and oxygen atoms in total. The van der Waals surface area contributed by atoms with Gasteiger partial charge in [0.1, 0.15) is 23.8 Å². The number of nitrogens with zero attached hydrogens (tertiary/aromatic N) is 3. The van der Waals surface area contributed by atoms with Crippen LogP contribution in [0.15, 0.2) is 55.0 Å². The summed E-state index contributed by atoms with van der Waals surface area (Å²) in [6.45, 7) is 0.768. The van der Waals surface area contributed by atoms with Crippen molar-refractivity contribution in [2.75, 3.05) is 30.8 Å². The fraction of sp³-hybridized carbons (Fsp3) is 0.158. The molecular formula is C19H19FN6O2. The maximum absolute atomic E-state index is 13.7. The first-order valence-corrected chi connectivity index (χ1v) is 8.51. The van der Waals surface area contributed by atoms with Crippen LogP contribution in [0.4, 0.5) is 21.8 Å². The molecule has 0 radical (unpaired) electrons. The molecule has 0 fully saturated rings. The minimum atomic E-state index is -0.581. The summed E-state index contributed by atoms with van der Waals surface area (Å²) < 4.78 is 18.5. The quantitative estimate of drug-likeness (QED) is 0.515. The topological polar surface area (TPSA) is 101 Å². The molecule has 28 heavy (non-hydrogen) atoms. The number of amides is 1. The molecule has 144 valence electrons. The molecule has 3 N–H and O–H groups in total. The van der Waals surface area contributed by atoms with Crippen LogP contribution in [-0.4, -0.2) is 41.1 Å². The number of pyridine rings is 1. The Morgan fingerprint density at radius 1 is 1.04 bits per heavy atom. The first kappa shape index (κ1) is 19.0. The van der Waals surface area contributed by atoms with Gasteiger partial charge in [0, 0.05) is 30.9 Å². The number of aromatic nitrogens is 3. The van der Waals surface area contributed by atoms with Gasteiger partial charge in [-0.2, -0.15) is 0 Å². The van der Waals surface area contributed by atoms with E-state index >= 15 is 0 Å². The SMILES string of the molecule is COc1ccc(C(=O)NCCNc2cc(Nc3ccccn3)ncn2)cc1F. The van der Waals surface area contributed by atoms with Gasteiger partial charge < -0.3 is 20.7 Å². The van der Waals surface area contributed by atoms with Crippen LogP contribution in [0, 0.1) is 5.82 Å². The molecule has 0 aliphatic heterocycles. The number of anilines is 3. The highest BCUT2D eigenvalue weighted by Gasteiger charge is 2.09. The lowest BCUT2D eigenvalue weighted by Crippen LogP contribution is -2.29. The normalized spacial score (nSPS) is 10.2. The Bertz CT molecular complexity index is 939. The number of ether oxygens (including phenoxy) is 1. The summed E-state index contributed by atoms with van der Waals surface area (Å²) in [6.07, 6.45) is 3.10. The number of carbonyl (C=O) groups is 1. The minimum Gasteiger partial charge on any atom is -0.494 e. The first-order valence-electron chi connectivity index (χ1n) is 8.51. The summed E-state index contributed by atoms with van der Waals surface area (Å²) in [6, 6.07) is 11.3. The van der Waals surface area contributed by atoms with Crippen molar-refractivity contribution in [3.8, 4) is 5.75 Å². The standard InChI is InChI=1S/C19H19FN6O2/c1-28-15-6-5-13(10-14(15)20)19(27)23-9-8-22-17-11-18(25-12-24-17)26-16-4-2-3-7-21-16/h2-7,10-12H,8-9H2,1H3,(H,23,27)(H2,21,22,24,25,26). The van der Waals surface area contributed by atoms with E-state index < -0.39 is 5.82 Å². The minimum absolute atomic E-state index is 0.0945. The summed E-state index contributed by atoms with van der Waals surface area (Å²) >= 11 is 0. The fourth-order valence-corrected chi connectivity index (χ4v) is 2.37. The second-order valence-electron chi connectivity index (χ2n) is 5.66. The predicted octanol–water partition coefficient (Wildman–Crippen LogP) is 2.60. The van der Waals surface area contributed by atoms with E-state index in [4.69, 9.17) is 4.74 Å². The molecule has 0 saturated carbocycles. The molecule has 0 aliphatic carbocycles. The Kier molecular flexibility index (Phi) is 6.29. The Labute approximate surface area is 161 Å². The second kappa shape index (κ2) is 9.26. The van der Waals surface area contributed by atoms with Crippen molar-refractivity contribution >= 4 is 23.4 Å². The average molecular weight is 382 g/mol. The van der Waals surface area contributed by atoms with Gasteiger partial charge in [0.15, 0.2) is 11.6 Å². The molecule has 0 spiro atoms.